The van der Waals surface area contributed by atoms with Crippen molar-refractivity contribution in [3.05, 3.63) is 0 Å². The first kappa shape index (κ1) is 13.4. The highest BCUT2D eigenvalue weighted by atomic mass is 16.2. The van der Waals surface area contributed by atoms with Gasteiger partial charge in [0, 0.05) is 12.6 Å². The Morgan fingerprint density at radius 2 is 1.74 bits per heavy atom. The second-order valence-electron chi connectivity index (χ2n) is 6.86. The average molecular weight is 264 g/mol. The smallest absolute Gasteiger partial charge is 0.237 e. The van der Waals surface area contributed by atoms with Gasteiger partial charge in [-0.2, -0.15) is 0 Å². The van der Waals surface area contributed by atoms with E-state index in [0.29, 0.717) is 6.04 Å². The summed E-state index contributed by atoms with van der Waals surface area (Å²) in [6.45, 7) is 0.909. The number of nitrogens with one attached hydrogen (secondary N) is 2. The fourth-order valence-corrected chi connectivity index (χ4v) is 4.28. The van der Waals surface area contributed by atoms with Gasteiger partial charge in [0.05, 0.1) is 6.04 Å². The molecule has 3 heteroatoms. The van der Waals surface area contributed by atoms with Crippen molar-refractivity contribution in [2.24, 2.45) is 11.8 Å². The zero-order valence-electron chi connectivity index (χ0n) is 12.0. The Labute approximate surface area is 116 Å². The molecule has 1 aliphatic heterocycles. The molecule has 2 N–H and O–H groups in total. The van der Waals surface area contributed by atoms with Gasteiger partial charge in [0.25, 0.3) is 0 Å². The molecule has 3 nitrogen and oxygen atoms in total. The summed E-state index contributed by atoms with van der Waals surface area (Å²) in [5, 5.41) is 6.77. The summed E-state index contributed by atoms with van der Waals surface area (Å²) in [7, 11) is 0. The average Bonchev–Trinajstić information content (AvgIpc) is 2.90. The van der Waals surface area contributed by atoms with Crippen LogP contribution in [0.4, 0.5) is 0 Å². The normalized spacial score (nSPS) is 35.9. The number of rotatable bonds is 3. The quantitative estimate of drug-likeness (QED) is 0.822. The molecule has 0 radical (unpaired) electrons. The third-order valence-electron chi connectivity index (χ3n) is 5.47. The minimum absolute atomic E-state index is 0.0942. The number of fused-ring (bicyclic) bond motifs is 1. The van der Waals surface area contributed by atoms with E-state index in [9.17, 15) is 4.79 Å². The molecule has 3 rings (SSSR count). The van der Waals surface area contributed by atoms with E-state index in [4.69, 9.17) is 0 Å². The molecule has 2 saturated carbocycles. The maximum atomic E-state index is 12.3. The molecule has 3 aliphatic rings. The van der Waals surface area contributed by atoms with Gasteiger partial charge < -0.3 is 10.6 Å². The molecule has 3 unspecified atom stereocenters. The van der Waals surface area contributed by atoms with Gasteiger partial charge in [0.15, 0.2) is 0 Å². The van der Waals surface area contributed by atoms with Gasteiger partial charge in [-0.15, -0.1) is 0 Å². The van der Waals surface area contributed by atoms with Crippen molar-refractivity contribution in [3.8, 4) is 0 Å². The van der Waals surface area contributed by atoms with E-state index < -0.39 is 0 Å². The van der Waals surface area contributed by atoms with Crippen LogP contribution in [0.25, 0.3) is 0 Å². The van der Waals surface area contributed by atoms with Crippen molar-refractivity contribution in [1.82, 2.24) is 10.6 Å². The van der Waals surface area contributed by atoms with Gasteiger partial charge in [0.1, 0.15) is 0 Å². The largest absolute Gasteiger partial charge is 0.354 e. The molecular weight excluding hydrogens is 236 g/mol. The third kappa shape index (κ3) is 3.31. The highest BCUT2D eigenvalue weighted by Crippen LogP contribution is 2.33. The molecule has 0 aromatic carbocycles. The van der Waals surface area contributed by atoms with E-state index in [0.717, 1.165) is 24.8 Å². The lowest BCUT2D eigenvalue weighted by atomic mass is 9.85. The molecule has 0 aromatic rings. The Kier molecular flexibility index (Phi) is 4.42. The van der Waals surface area contributed by atoms with Crippen molar-refractivity contribution >= 4 is 5.91 Å². The van der Waals surface area contributed by atoms with Gasteiger partial charge >= 0.3 is 0 Å². The Balaban J connectivity index is 1.43. The first-order valence-electron chi connectivity index (χ1n) is 8.36. The van der Waals surface area contributed by atoms with Gasteiger partial charge in [-0.3, -0.25) is 4.79 Å². The van der Waals surface area contributed by atoms with Gasteiger partial charge in [-0.1, -0.05) is 32.1 Å². The fourth-order valence-electron chi connectivity index (χ4n) is 4.28. The van der Waals surface area contributed by atoms with E-state index in [1.165, 1.54) is 57.8 Å². The van der Waals surface area contributed by atoms with Crippen LogP contribution in [0, 0.1) is 11.8 Å². The number of amides is 1. The second-order valence-corrected chi connectivity index (χ2v) is 6.86. The van der Waals surface area contributed by atoms with Crippen LogP contribution < -0.4 is 10.6 Å². The molecule has 0 spiro atoms. The summed E-state index contributed by atoms with van der Waals surface area (Å²) in [6, 6.07) is 0.718. The summed E-state index contributed by atoms with van der Waals surface area (Å²) >= 11 is 0. The van der Waals surface area contributed by atoms with Crippen LogP contribution >= 0.6 is 0 Å². The van der Waals surface area contributed by atoms with Gasteiger partial charge in [-0.05, 0) is 43.9 Å². The SMILES string of the molecule is O=C(NCC1CCCCC1)C1CC2CCCCC2N1. The maximum Gasteiger partial charge on any atom is 0.237 e. The third-order valence-corrected chi connectivity index (χ3v) is 5.47. The molecule has 1 amide bonds. The van der Waals surface area contributed by atoms with Crippen LogP contribution in [-0.4, -0.2) is 24.5 Å². The highest BCUT2D eigenvalue weighted by molar-refractivity contribution is 5.82. The van der Waals surface area contributed by atoms with Crippen molar-refractivity contribution < 1.29 is 4.79 Å². The van der Waals surface area contributed by atoms with Crippen LogP contribution in [0.5, 0.6) is 0 Å². The van der Waals surface area contributed by atoms with Gasteiger partial charge in [-0.25, -0.2) is 0 Å². The van der Waals surface area contributed by atoms with Crippen LogP contribution in [0.2, 0.25) is 0 Å². The standard InChI is InChI=1S/C16H28N2O/c19-16(17-11-12-6-2-1-3-7-12)15-10-13-8-4-5-9-14(13)18-15/h12-15,18H,1-11H2,(H,17,19). The number of carbonyl (C=O) groups is 1. The predicted octanol–water partition coefficient (Wildman–Crippen LogP) is 2.60. The molecule has 19 heavy (non-hydrogen) atoms. The Bertz CT molecular complexity index is 298. The Hall–Kier alpha value is -0.570. The summed E-state index contributed by atoms with van der Waals surface area (Å²) in [5.74, 6) is 1.76. The number of hydrogen-bond acceptors (Lipinski definition) is 2. The van der Waals surface area contributed by atoms with E-state index >= 15 is 0 Å². The van der Waals surface area contributed by atoms with E-state index in [1.807, 2.05) is 0 Å². The molecule has 3 fully saturated rings. The van der Waals surface area contributed by atoms with E-state index in [2.05, 4.69) is 10.6 Å². The lowest BCUT2D eigenvalue weighted by Crippen LogP contribution is -2.44. The van der Waals surface area contributed by atoms with E-state index in [-0.39, 0.29) is 11.9 Å². The molecule has 1 heterocycles. The number of carbonyl (C=O) groups excluding carboxylic acids is 1. The zero-order valence-corrected chi connectivity index (χ0v) is 12.0. The predicted molar refractivity (Wildman–Crippen MR) is 76.9 cm³/mol. The number of hydrogen-bond donors (Lipinski definition) is 2. The van der Waals surface area contributed by atoms with Crippen LogP contribution in [0.1, 0.15) is 64.2 Å². The Morgan fingerprint density at radius 3 is 2.53 bits per heavy atom. The lowest BCUT2D eigenvalue weighted by Gasteiger charge is -2.24. The summed E-state index contributed by atoms with van der Waals surface area (Å²) in [5.41, 5.74) is 0. The minimum atomic E-state index is 0.0942. The second kappa shape index (κ2) is 6.25. The van der Waals surface area contributed by atoms with Crippen LogP contribution in [-0.2, 0) is 4.79 Å². The molecule has 0 aromatic heterocycles. The molecular formula is C16H28N2O. The summed E-state index contributed by atoms with van der Waals surface area (Å²) in [4.78, 5) is 12.3. The van der Waals surface area contributed by atoms with Crippen molar-refractivity contribution in [2.45, 2.75) is 76.3 Å². The van der Waals surface area contributed by atoms with Gasteiger partial charge in [0.2, 0.25) is 5.91 Å². The van der Waals surface area contributed by atoms with Crippen LogP contribution in [0.3, 0.4) is 0 Å². The topological polar surface area (TPSA) is 41.1 Å². The minimum Gasteiger partial charge on any atom is -0.354 e. The van der Waals surface area contributed by atoms with Crippen molar-refractivity contribution in [1.29, 1.82) is 0 Å². The zero-order chi connectivity index (χ0) is 13.1. The van der Waals surface area contributed by atoms with Crippen molar-refractivity contribution in [3.63, 3.8) is 0 Å². The summed E-state index contributed by atoms with van der Waals surface area (Å²) in [6.07, 6.45) is 13.1. The summed E-state index contributed by atoms with van der Waals surface area (Å²) < 4.78 is 0. The monoisotopic (exact) mass is 264 g/mol. The molecule has 2 aliphatic carbocycles. The first-order chi connectivity index (χ1) is 9.33. The molecule has 0 bridgehead atoms. The molecule has 1 saturated heterocycles. The van der Waals surface area contributed by atoms with E-state index in [1.54, 1.807) is 0 Å². The first-order valence-corrected chi connectivity index (χ1v) is 8.36. The maximum absolute atomic E-state index is 12.3. The molecule has 3 atom stereocenters. The Morgan fingerprint density at radius 1 is 1.00 bits per heavy atom. The fraction of sp³-hybridized carbons (Fsp3) is 0.938. The van der Waals surface area contributed by atoms with Crippen molar-refractivity contribution in [2.75, 3.05) is 6.54 Å². The lowest BCUT2D eigenvalue weighted by molar-refractivity contribution is -0.123. The highest BCUT2D eigenvalue weighted by Gasteiger charge is 2.38. The van der Waals surface area contributed by atoms with Crippen LogP contribution in [0.15, 0.2) is 0 Å². The molecule has 108 valence electrons.